The fourth-order valence-corrected chi connectivity index (χ4v) is 4.09. The molecule has 0 aromatic heterocycles. The number of benzene rings is 1. The van der Waals surface area contributed by atoms with Crippen molar-refractivity contribution in [2.75, 3.05) is 39.4 Å². The molecule has 11 nitrogen and oxygen atoms in total. The van der Waals surface area contributed by atoms with Crippen LogP contribution in [0.15, 0.2) is 28.2 Å². The van der Waals surface area contributed by atoms with Gasteiger partial charge in [0.25, 0.3) is 0 Å². The van der Waals surface area contributed by atoms with E-state index in [9.17, 15) is 9.46 Å². The van der Waals surface area contributed by atoms with Crippen LogP contribution in [0.1, 0.15) is 11.1 Å². The normalized spacial score (nSPS) is 25.8. The van der Waals surface area contributed by atoms with Gasteiger partial charge >= 0.3 is 7.82 Å². The Morgan fingerprint density at radius 3 is 2.24 bits per heavy atom. The lowest BCUT2D eigenvalue weighted by Gasteiger charge is -2.19. The Morgan fingerprint density at radius 2 is 1.76 bits per heavy atom. The SMILES string of the molecule is O=P1(O)OCC(COc2c(CNC3=NCCN3)cccc2CNC2=NCCN2)O1. The van der Waals surface area contributed by atoms with E-state index in [1.807, 2.05) is 18.2 Å². The van der Waals surface area contributed by atoms with Crippen LogP contribution in [0, 0.1) is 0 Å². The van der Waals surface area contributed by atoms with Crippen LogP contribution in [0.5, 0.6) is 5.75 Å². The van der Waals surface area contributed by atoms with Crippen molar-refractivity contribution in [3.05, 3.63) is 29.3 Å². The molecule has 1 fully saturated rings. The molecule has 0 bridgehead atoms. The number of para-hydroxylation sites is 1. The lowest BCUT2D eigenvalue weighted by Crippen LogP contribution is -2.34. The van der Waals surface area contributed by atoms with Crippen molar-refractivity contribution in [3.8, 4) is 5.75 Å². The predicted molar refractivity (Wildman–Crippen MR) is 107 cm³/mol. The largest absolute Gasteiger partial charge is 0.490 e. The molecule has 0 saturated carbocycles. The first-order valence-corrected chi connectivity index (χ1v) is 11.0. The van der Waals surface area contributed by atoms with Gasteiger partial charge in [-0.3, -0.25) is 19.0 Å². The number of guanidine groups is 2. The van der Waals surface area contributed by atoms with Gasteiger partial charge in [0.05, 0.1) is 19.7 Å². The minimum absolute atomic E-state index is 0.0171. The Labute approximate surface area is 168 Å². The zero-order valence-electron chi connectivity index (χ0n) is 15.9. The first kappa shape index (κ1) is 20.0. The van der Waals surface area contributed by atoms with Crippen molar-refractivity contribution in [1.82, 2.24) is 21.3 Å². The van der Waals surface area contributed by atoms with Crippen LogP contribution in [0.2, 0.25) is 0 Å². The van der Waals surface area contributed by atoms with Crippen molar-refractivity contribution in [3.63, 3.8) is 0 Å². The van der Waals surface area contributed by atoms with Gasteiger partial charge in [0.2, 0.25) is 0 Å². The number of phosphoric ester groups is 1. The molecule has 158 valence electrons. The number of phosphoric acid groups is 1. The maximum Gasteiger partial charge on any atom is 0.472 e. The zero-order valence-corrected chi connectivity index (χ0v) is 16.8. The summed E-state index contributed by atoms with van der Waals surface area (Å²) in [5.41, 5.74) is 1.88. The number of hydrogen-bond donors (Lipinski definition) is 5. The molecule has 0 spiro atoms. The Morgan fingerprint density at radius 1 is 1.14 bits per heavy atom. The molecular formula is C17H25N6O5P. The molecule has 1 saturated heterocycles. The second-order valence-electron chi connectivity index (χ2n) is 6.73. The minimum atomic E-state index is -3.95. The van der Waals surface area contributed by atoms with Crippen LogP contribution in [0.3, 0.4) is 0 Å². The summed E-state index contributed by atoms with van der Waals surface area (Å²) in [5.74, 6) is 2.21. The lowest BCUT2D eigenvalue weighted by molar-refractivity contribution is 0.140. The van der Waals surface area contributed by atoms with E-state index in [1.54, 1.807) is 0 Å². The molecule has 1 aromatic rings. The van der Waals surface area contributed by atoms with Crippen LogP contribution in [-0.4, -0.2) is 62.3 Å². The average Bonchev–Trinajstić information content (AvgIpc) is 3.46. The van der Waals surface area contributed by atoms with E-state index in [0.29, 0.717) is 18.8 Å². The average molecular weight is 424 g/mol. The van der Waals surface area contributed by atoms with Gasteiger partial charge in [-0.1, -0.05) is 18.2 Å². The van der Waals surface area contributed by atoms with E-state index >= 15 is 0 Å². The van der Waals surface area contributed by atoms with Crippen LogP contribution in [-0.2, 0) is 26.7 Å². The number of aliphatic imine (C=N–C) groups is 2. The van der Waals surface area contributed by atoms with Crippen molar-refractivity contribution in [2.24, 2.45) is 9.98 Å². The van der Waals surface area contributed by atoms with E-state index < -0.39 is 13.9 Å². The van der Waals surface area contributed by atoms with Gasteiger partial charge in [0.15, 0.2) is 11.9 Å². The predicted octanol–water partition coefficient (Wildman–Crippen LogP) is -0.321. The monoisotopic (exact) mass is 424 g/mol. The first-order valence-electron chi connectivity index (χ1n) is 9.53. The Bertz CT molecular complexity index is 801. The molecule has 3 heterocycles. The molecule has 5 N–H and O–H groups in total. The van der Waals surface area contributed by atoms with Gasteiger partial charge in [-0.25, -0.2) is 4.57 Å². The van der Waals surface area contributed by atoms with Crippen LogP contribution in [0.25, 0.3) is 0 Å². The maximum atomic E-state index is 11.5. The van der Waals surface area contributed by atoms with E-state index in [1.165, 1.54) is 0 Å². The summed E-state index contributed by atoms with van der Waals surface area (Å²) in [7, 11) is -3.95. The van der Waals surface area contributed by atoms with E-state index in [2.05, 4.69) is 31.3 Å². The highest BCUT2D eigenvalue weighted by Gasteiger charge is 2.35. The van der Waals surface area contributed by atoms with Crippen LogP contribution in [0.4, 0.5) is 0 Å². The zero-order chi connectivity index (χ0) is 20.1. The second-order valence-corrected chi connectivity index (χ2v) is 8.14. The molecule has 3 aliphatic heterocycles. The summed E-state index contributed by atoms with van der Waals surface area (Å²) >= 11 is 0. The Balaban J connectivity index is 1.46. The highest BCUT2D eigenvalue weighted by atomic mass is 31.2. The number of nitrogens with zero attached hydrogens (tertiary/aromatic N) is 2. The summed E-state index contributed by atoms with van der Waals surface area (Å²) in [6.45, 7) is 4.33. The molecule has 0 aliphatic carbocycles. The van der Waals surface area contributed by atoms with Gasteiger partial charge in [0, 0.05) is 37.3 Å². The number of rotatable bonds is 7. The molecule has 4 rings (SSSR count). The maximum absolute atomic E-state index is 11.5. The third-order valence-corrected chi connectivity index (χ3v) is 5.58. The molecule has 3 aliphatic rings. The second kappa shape index (κ2) is 9.00. The molecular weight excluding hydrogens is 399 g/mol. The molecule has 2 atom stereocenters. The molecule has 12 heteroatoms. The van der Waals surface area contributed by atoms with E-state index in [0.717, 1.165) is 49.2 Å². The fraction of sp³-hybridized carbons (Fsp3) is 0.529. The van der Waals surface area contributed by atoms with Gasteiger partial charge in [-0.2, -0.15) is 0 Å². The smallest absolute Gasteiger partial charge is 0.472 e. The summed E-state index contributed by atoms with van der Waals surface area (Å²) in [4.78, 5) is 18.1. The van der Waals surface area contributed by atoms with E-state index in [-0.39, 0.29) is 13.2 Å². The molecule has 0 amide bonds. The summed E-state index contributed by atoms with van der Waals surface area (Å²) in [6, 6.07) is 5.90. The highest BCUT2D eigenvalue weighted by molar-refractivity contribution is 7.47. The van der Waals surface area contributed by atoms with Crippen molar-refractivity contribution < 1.29 is 23.2 Å². The van der Waals surface area contributed by atoms with Gasteiger partial charge in [0.1, 0.15) is 18.5 Å². The van der Waals surface area contributed by atoms with Gasteiger partial charge < -0.3 is 30.9 Å². The van der Waals surface area contributed by atoms with Gasteiger partial charge in [-0.05, 0) is 0 Å². The number of nitrogens with one attached hydrogen (secondary N) is 4. The quantitative estimate of drug-likeness (QED) is 0.373. The van der Waals surface area contributed by atoms with Crippen LogP contribution >= 0.6 is 7.82 Å². The lowest BCUT2D eigenvalue weighted by atomic mass is 10.1. The van der Waals surface area contributed by atoms with Crippen molar-refractivity contribution in [2.45, 2.75) is 19.2 Å². The number of ether oxygens (including phenoxy) is 1. The number of hydrogen-bond acceptors (Lipinski definition) is 10. The topological polar surface area (TPSA) is 138 Å². The van der Waals surface area contributed by atoms with Crippen LogP contribution < -0.4 is 26.0 Å². The third kappa shape index (κ3) is 5.39. The summed E-state index contributed by atoms with van der Waals surface area (Å²) < 4.78 is 27.3. The van der Waals surface area contributed by atoms with Crippen molar-refractivity contribution >= 4 is 19.7 Å². The van der Waals surface area contributed by atoms with Crippen molar-refractivity contribution in [1.29, 1.82) is 0 Å². The minimum Gasteiger partial charge on any atom is -0.490 e. The standard InChI is InChI=1S/C17H25N6O5P/c24-29(25)27-11-14(28-29)10-26-15-12(8-22-16-18-4-5-19-16)2-1-3-13(15)9-23-17-20-6-7-21-17/h1-3,14H,4-11H2,(H,24,25)(H2,18,19,22)(H2,20,21,23). The molecule has 29 heavy (non-hydrogen) atoms. The fourth-order valence-electron chi connectivity index (χ4n) is 3.17. The highest BCUT2D eigenvalue weighted by Crippen LogP contribution is 2.49. The first-order chi connectivity index (χ1) is 14.1. The third-order valence-electron chi connectivity index (χ3n) is 4.54. The molecule has 0 radical (unpaired) electrons. The Kier molecular flexibility index (Phi) is 6.19. The Hall–Kier alpha value is -2.33. The molecule has 2 unspecified atom stereocenters. The van der Waals surface area contributed by atoms with Gasteiger partial charge in [-0.15, -0.1) is 0 Å². The van der Waals surface area contributed by atoms with E-state index in [4.69, 9.17) is 13.8 Å². The molecule has 1 aromatic carbocycles. The summed E-state index contributed by atoms with van der Waals surface area (Å²) in [5, 5.41) is 12.9. The summed E-state index contributed by atoms with van der Waals surface area (Å²) in [6.07, 6.45) is -0.602.